The molecule has 0 saturated carbocycles. The van der Waals surface area contributed by atoms with E-state index in [0.717, 1.165) is 36.8 Å². The van der Waals surface area contributed by atoms with E-state index in [4.69, 9.17) is 0 Å². The number of halogens is 1. The molecule has 0 spiro atoms. The molecule has 36 heavy (non-hydrogen) atoms. The van der Waals surface area contributed by atoms with Gasteiger partial charge < -0.3 is 20.0 Å². The smallest absolute Gasteiger partial charge is 0.320 e. The molecule has 2 aliphatic heterocycles. The van der Waals surface area contributed by atoms with Gasteiger partial charge in [0.1, 0.15) is 17.3 Å². The third-order valence-electron chi connectivity index (χ3n) is 6.82. The molecule has 0 bridgehead atoms. The normalized spacial score (nSPS) is 16.8. The van der Waals surface area contributed by atoms with Crippen molar-refractivity contribution in [2.24, 2.45) is 0 Å². The van der Waals surface area contributed by atoms with Crippen LogP contribution in [0.4, 0.5) is 20.7 Å². The second kappa shape index (κ2) is 10.6. The van der Waals surface area contributed by atoms with Gasteiger partial charge in [-0.05, 0) is 49.6 Å². The fourth-order valence-corrected chi connectivity index (χ4v) is 5.60. The Labute approximate surface area is 213 Å². The Morgan fingerprint density at radius 2 is 1.78 bits per heavy atom. The number of benzene rings is 1. The van der Waals surface area contributed by atoms with Gasteiger partial charge in [0.25, 0.3) is 5.91 Å². The number of amides is 3. The number of nitrogens with zero attached hydrogens (tertiary/aromatic N) is 5. The molecule has 0 atom stereocenters. The molecule has 0 unspecified atom stereocenters. The van der Waals surface area contributed by atoms with Gasteiger partial charge in [-0.3, -0.25) is 4.79 Å². The lowest BCUT2D eigenvalue weighted by Gasteiger charge is -2.39. The molecule has 1 aromatic carbocycles. The van der Waals surface area contributed by atoms with Gasteiger partial charge in [-0.25, -0.2) is 19.2 Å². The Morgan fingerprint density at radius 1 is 1.03 bits per heavy atom. The Balaban J connectivity index is 1.11. The number of hydrogen-bond donors (Lipinski definition) is 1. The number of piperazine rings is 1. The predicted molar refractivity (Wildman–Crippen MR) is 138 cm³/mol. The van der Waals surface area contributed by atoms with Crippen LogP contribution in [0.3, 0.4) is 0 Å². The van der Waals surface area contributed by atoms with Gasteiger partial charge >= 0.3 is 6.03 Å². The van der Waals surface area contributed by atoms with Crippen molar-refractivity contribution in [3.05, 3.63) is 70.1 Å². The molecule has 2 aliphatic rings. The largest absolute Gasteiger partial charge is 0.353 e. The highest BCUT2D eigenvalue weighted by molar-refractivity contribution is 7.10. The number of hydrogen-bond acceptors (Lipinski definition) is 6. The molecule has 4 heterocycles. The van der Waals surface area contributed by atoms with E-state index >= 15 is 0 Å². The summed E-state index contributed by atoms with van der Waals surface area (Å²) in [4.78, 5) is 40.7. The highest BCUT2D eigenvalue weighted by Crippen LogP contribution is 2.31. The lowest BCUT2D eigenvalue weighted by atomic mass is 9.98. The zero-order valence-electron chi connectivity index (χ0n) is 20.2. The minimum Gasteiger partial charge on any atom is -0.353 e. The van der Waals surface area contributed by atoms with Crippen molar-refractivity contribution in [3.8, 4) is 0 Å². The Morgan fingerprint density at radius 3 is 2.47 bits per heavy atom. The van der Waals surface area contributed by atoms with Crippen molar-refractivity contribution >= 4 is 34.8 Å². The number of piperidine rings is 1. The Hall–Kier alpha value is -3.53. The number of nitrogens with one attached hydrogen (secondary N) is 1. The number of thiazole rings is 1. The summed E-state index contributed by atoms with van der Waals surface area (Å²) in [7, 11) is 0. The van der Waals surface area contributed by atoms with Gasteiger partial charge in [0.05, 0.1) is 5.01 Å². The van der Waals surface area contributed by atoms with Gasteiger partial charge in [0, 0.05) is 62.5 Å². The molecule has 3 amide bonds. The first-order chi connectivity index (χ1) is 17.5. The maximum Gasteiger partial charge on any atom is 0.320 e. The van der Waals surface area contributed by atoms with Crippen LogP contribution < -0.4 is 10.2 Å². The van der Waals surface area contributed by atoms with Crippen molar-refractivity contribution in [3.63, 3.8) is 0 Å². The number of rotatable bonds is 4. The maximum atomic E-state index is 13.8. The summed E-state index contributed by atoms with van der Waals surface area (Å²) in [6, 6.07) is 10.6. The summed E-state index contributed by atoms with van der Waals surface area (Å²) in [6.07, 6.45) is 3.43. The molecular formula is C26H29FN6O2S. The van der Waals surface area contributed by atoms with Crippen LogP contribution in [-0.4, -0.2) is 71.0 Å². The van der Waals surface area contributed by atoms with Gasteiger partial charge in [0.2, 0.25) is 0 Å². The van der Waals surface area contributed by atoms with Crippen molar-refractivity contribution in [2.75, 3.05) is 49.5 Å². The second-order valence-corrected chi connectivity index (χ2v) is 10.1. The summed E-state index contributed by atoms with van der Waals surface area (Å²) in [5.74, 6) is 0.465. The highest BCUT2D eigenvalue weighted by Gasteiger charge is 2.30. The molecule has 10 heteroatoms. The number of aryl methyl sites for hydroxylation is 1. The van der Waals surface area contributed by atoms with E-state index in [2.05, 4.69) is 20.2 Å². The number of aromatic nitrogens is 2. The first-order valence-electron chi connectivity index (χ1n) is 12.2. The average Bonchev–Trinajstić information content (AvgIpc) is 3.42. The van der Waals surface area contributed by atoms with E-state index < -0.39 is 0 Å². The molecule has 2 saturated heterocycles. The van der Waals surface area contributed by atoms with E-state index in [9.17, 15) is 14.0 Å². The minimum absolute atomic E-state index is 0.0960. The number of urea groups is 1. The molecular weight excluding hydrogens is 479 g/mol. The molecule has 8 nitrogen and oxygen atoms in total. The fraction of sp³-hybridized carbons (Fsp3) is 0.385. The zero-order valence-corrected chi connectivity index (χ0v) is 21.0. The van der Waals surface area contributed by atoms with E-state index in [1.54, 1.807) is 30.6 Å². The van der Waals surface area contributed by atoms with Gasteiger partial charge in [-0.1, -0.05) is 12.1 Å². The molecule has 2 fully saturated rings. The third kappa shape index (κ3) is 5.33. The number of pyridine rings is 1. The summed E-state index contributed by atoms with van der Waals surface area (Å²) >= 11 is 1.47. The summed E-state index contributed by atoms with van der Waals surface area (Å²) in [5, 5.41) is 5.37. The van der Waals surface area contributed by atoms with Crippen molar-refractivity contribution in [1.29, 1.82) is 0 Å². The average molecular weight is 509 g/mol. The van der Waals surface area contributed by atoms with Gasteiger partial charge in [-0.2, -0.15) is 0 Å². The zero-order chi connectivity index (χ0) is 25.1. The number of likely N-dealkylation sites (tertiary alicyclic amines) is 1. The van der Waals surface area contributed by atoms with E-state index in [1.807, 2.05) is 28.0 Å². The molecule has 0 radical (unpaired) electrons. The first kappa shape index (κ1) is 24.2. The Bertz CT molecular complexity index is 1220. The van der Waals surface area contributed by atoms with Crippen LogP contribution in [0.25, 0.3) is 0 Å². The lowest BCUT2D eigenvalue weighted by Crippen LogP contribution is -2.54. The molecule has 5 rings (SSSR count). The number of anilines is 2. The number of carbonyl (C=O) groups excluding carboxylic acids is 2. The first-order valence-corrected chi connectivity index (χ1v) is 13.1. The van der Waals surface area contributed by atoms with Gasteiger partial charge in [-0.15, -0.1) is 11.3 Å². The third-order valence-corrected chi connectivity index (χ3v) is 7.83. The molecule has 188 valence electrons. The maximum absolute atomic E-state index is 13.8. The monoisotopic (exact) mass is 508 g/mol. The summed E-state index contributed by atoms with van der Waals surface area (Å²) in [6.45, 7) is 5.95. The standard InChI is InChI=1S/C26H29FN6O2S/c1-18-5-6-20(16-21(18)27)29-24(34)22-17-36-25(30-22)19-7-10-32(11-8-19)26(35)33-14-12-31(13-15-33)23-4-2-3-9-28-23/h2-6,9,16-17,19H,7-8,10-15H2,1H3,(H,29,34). The molecule has 1 N–H and O–H groups in total. The minimum atomic E-state index is -0.358. The lowest BCUT2D eigenvalue weighted by molar-refractivity contribution is 0.102. The second-order valence-electron chi connectivity index (χ2n) is 9.19. The van der Waals surface area contributed by atoms with Crippen molar-refractivity contribution in [1.82, 2.24) is 19.8 Å². The van der Waals surface area contributed by atoms with E-state index in [-0.39, 0.29) is 23.7 Å². The molecule has 0 aliphatic carbocycles. The van der Waals surface area contributed by atoms with Crippen LogP contribution in [0.2, 0.25) is 0 Å². The van der Waals surface area contributed by atoms with Crippen LogP contribution in [0.15, 0.2) is 48.0 Å². The quantitative estimate of drug-likeness (QED) is 0.566. The van der Waals surface area contributed by atoms with Crippen LogP contribution >= 0.6 is 11.3 Å². The highest BCUT2D eigenvalue weighted by atomic mass is 32.1. The van der Waals surface area contributed by atoms with Gasteiger partial charge in [0.15, 0.2) is 0 Å². The topological polar surface area (TPSA) is 81.7 Å². The van der Waals surface area contributed by atoms with Crippen LogP contribution in [-0.2, 0) is 0 Å². The molecule has 3 aromatic rings. The summed E-state index contributed by atoms with van der Waals surface area (Å²) < 4.78 is 13.8. The fourth-order valence-electron chi connectivity index (χ4n) is 4.63. The van der Waals surface area contributed by atoms with Crippen molar-refractivity contribution < 1.29 is 14.0 Å². The summed E-state index contributed by atoms with van der Waals surface area (Å²) in [5.41, 5.74) is 1.27. The molecule has 2 aromatic heterocycles. The predicted octanol–water partition coefficient (Wildman–Crippen LogP) is 4.36. The van der Waals surface area contributed by atoms with Crippen LogP contribution in [0, 0.1) is 12.7 Å². The van der Waals surface area contributed by atoms with Crippen LogP contribution in [0.1, 0.15) is 39.8 Å². The number of carbonyl (C=O) groups is 2. The van der Waals surface area contributed by atoms with E-state index in [0.29, 0.717) is 43.1 Å². The van der Waals surface area contributed by atoms with E-state index in [1.165, 1.54) is 17.4 Å². The van der Waals surface area contributed by atoms with Crippen LogP contribution in [0.5, 0.6) is 0 Å². The van der Waals surface area contributed by atoms with Crippen molar-refractivity contribution in [2.45, 2.75) is 25.7 Å². The Kier molecular flexibility index (Phi) is 7.13. The SMILES string of the molecule is Cc1ccc(NC(=O)c2csc(C3CCN(C(=O)N4CCN(c5ccccn5)CC4)CC3)n2)cc1F.